The Morgan fingerprint density at radius 1 is 1.04 bits per heavy atom. The number of ether oxygens (including phenoxy) is 1. The average Bonchev–Trinajstić information content (AvgIpc) is 3.07. The van der Waals surface area contributed by atoms with Gasteiger partial charge in [-0.1, -0.05) is 41.4 Å². The van der Waals surface area contributed by atoms with E-state index in [1.807, 2.05) is 47.8 Å². The van der Waals surface area contributed by atoms with E-state index < -0.39 is 6.10 Å². The van der Waals surface area contributed by atoms with E-state index in [0.717, 1.165) is 21.6 Å². The van der Waals surface area contributed by atoms with Crippen molar-refractivity contribution < 1.29 is 9.84 Å². The van der Waals surface area contributed by atoms with Gasteiger partial charge in [-0.05, 0) is 46.8 Å². The molecule has 0 aliphatic rings. The monoisotopic (exact) mass is 364 g/mol. The van der Waals surface area contributed by atoms with Crippen molar-refractivity contribution >= 4 is 34.5 Å². The zero-order chi connectivity index (χ0) is 16.4. The van der Waals surface area contributed by atoms with Crippen molar-refractivity contribution in [1.82, 2.24) is 0 Å². The highest BCUT2D eigenvalue weighted by molar-refractivity contribution is 7.10. The Morgan fingerprint density at radius 3 is 2.39 bits per heavy atom. The Morgan fingerprint density at radius 2 is 1.78 bits per heavy atom. The van der Waals surface area contributed by atoms with Crippen LogP contribution in [0.3, 0.4) is 0 Å². The molecule has 0 saturated carbocycles. The van der Waals surface area contributed by atoms with Crippen LogP contribution in [0.5, 0.6) is 5.75 Å². The number of hydrogen-bond donors (Lipinski definition) is 1. The van der Waals surface area contributed by atoms with Crippen LogP contribution >= 0.6 is 34.5 Å². The van der Waals surface area contributed by atoms with Gasteiger partial charge in [-0.25, -0.2) is 0 Å². The Bertz CT molecular complexity index is 796. The number of hydrogen-bond acceptors (Lipinski definition) is 3. The molecule has 23 heavy (non-hydrogen) atoms. The van der Waals surface area contributed by atoms with Crippen LogP contribution in [0.15, 0.2) is 53.9 Å². The Hall–Kier alpha value is -1.52. The van der Waals surface area contributed by atoms with E-state index in [1.165, 1.54) is 11.3 Å². The standard InChI is InChI=1S/C18H14Cl2O2S/c1-22-16-9-11(18(21)17-3-2-6-23-17)4-5-15(16)12-7-13(19)10-14(20)8-12/h2-10,18,21H,1H3. The first-order valence-corrected chi connectivity index (χ1v) is 8.58. The summed E-state index contributed by atoms with van der Waals surface area (Å²) in [5, 5.41) is 13.5. The van der Waals surface area contributed by atoms with E-state index in [1.54, 1.807) is 13.2 Å². The summed E-state index contributed by atoms with van der Waals surface area (Å²) >= 11 is 13.7. The lowest BCUT2D eigenvalue weighted by molar-refractivity contribution is 0.223. The lowest BCUT2D eigenvalue weighted by Gasteiger charge is -2.14. The molecule has 5 heteroatoms. The summed E-state index contributed by atoms with van der Waals surface area (Å²) in [4.78, 5) is 0.894. The van der Waals surface area contributed by atoms with Crippen molar-refractivity contribution in [3.05, 3.63) is 74.4 Å². The second-order valence-corrected chi connectivity index (χ2v) is 6.89. The fraction of sp³-hybridized carbons (Fsp3) is 0.111. The van der Waals surface area contributed by atoms with Gasteiger partial charge in [-0.3, -0.25) is 0 Å². The molecule has 2 aromatic carbocycles. The topological polar surface area (TPSA) is 29.5 Å². The lowest BCUT2D eigenvalue weighted by Crippen LogP contribution is -1.98. The van der Waals surface area contributed by atoms with Crippen LogP contribution in [0, 0.1) is 0 Å². The Balaban J connectivity index is 2.03. The lowest BCUT2D eigenvalue weighted by atomic mass is 10.00. The maximum atomic E-state index is 10.5. The molecule has 1 heterocycles. The number of methoxy groups -OCH3 is 1. The number of benzene rings is 2. The van der Waals surface area contributed by atoms with Gasteiger partial charge in [0.25, 0.3) is 0 Å². The highest BCUT2D eigenvalue weighted by Gasteiger charge is 2.15. The quantitative estimate of drug-likeness (QED) is 0.632. The summed E-state index contributed by atoms with van der Waals surface area (Å²) in [6, 6.07) is 14.8. The summed E-state index contributed by atoms with van der Waals surface area (Å²) < 4.78 is 5.49. The second-order valence-electron chi connectivity index (χ2n) is 5.04. The molecule has 2 nitrogen and oxygen atoms in total. The zero-order valence-electron chi connectivity index (χ0n) is 12.3. The largest absolute Gasteiger partial charge is 0.496 e. The minimum atomic E-state index is -0.666. The van der Waals surface area contributed by atoms with Crippen molar-refractivity contribution in [2.45, 2.75) is 6.10 Å². The average molecular weight is 365 g/mol. The van der Waals surface area contributed by atoms with E-state index in [0.29, 0.717) is 15.8 Å². The molecule has 0 saturated heterocycles. The number of aliphatic hydroxyl groups is 1. The van der Waals surface area contributed by atoms with Gasteiger partial charge in [0.1, 0.15) is 11.9 Å². The summed E-state index contributed by atoms with van der Waals surface area (Å²) in [6.07, 6.45) is -0.666. The number of rotatable bonds is 4. The molecule has 0 bridgehead atoms. The van der Waals surface area contributed by atoms with Crippen LogP contribution in [-0.2, 0) is 0 Å². The predicted molar refractivity (Wildman–Crippen MR) is 96.8 cm³/mol. The van der Waals surface area contributed by atoms with Gasteiger partial charge in [0.05, 0.1) is 7.11 Å². The first-order chi connectivity index (χ1) is 11.1. The highest BCUT2D eigenvalue weighted by Crippen LogP contribution is 2.36. The number of thiophene rings is 1. The minimum absolute atomic E-state index is 0.567. The van der Waals surface area contributed by atoms with E-state index >= 15 is 0 Å². The maximum Gasteiger partial charge on any atom is 0.127 e. The highest BCUT2D eigenvalue weighted by atomic mass is 35.5. The van der Waals surface area contributed by atoms with E-state index in [2.05, 4.69) is 0 Å². The van der Waals surface area contributed by atoms with Crippen molar-refractivity contribution in [2.24, 2.45) is 0 Å². The number of halogens is 2. The minimum Gasteiger partial charge on any atom is -0.496 e. The third-order valence-corrected chi connectivity index (χ3v) is 4.89. The van der Waals surface area contributed by atoms with Gasteiger partial charge in [0.15, 0.2) is 0 Å². The summed E-state index contributed by atoms with van der Waals surface area (Å²) in [5.41, 5.74) is 2.52. The molecular weight excluding hydrogens is 351 g/mol. The summed E-state index contributed by atoms with van der Waals surface area (Å²) in [7, 11) is 1.60. The van der Waals surface area contributed by atoms with Crippen LogP contribution in [0.4, 0.5) is 0 Å². The molecule has 0 radical (unpaired) electrons. The molecule has 3 aromatic rings. The van der Waals surface area contributed by atoms with E-state index in [9.17, 15) is 5.11 Å². The van der Waals surface area contributed by atoms with Gasteiger partial charge < -0.3 is 9.84 Å². The fourth-order valence-corrected chi connectivity index (χ4v) is 3.70. The molecule has 0 aliphatic heterocycles. The molecule has 1 aromatic heterocycles. The van der Waals surface area contributed by atoms with Gasteiger partial charge in [0.2, 0.25) is 0 Å². The normalized spacial score (nSPS) is 12.2. The van der Waals surface area contributed by atoms with E-state index in [-0.39, 0.29) is 0 Å². The SMILES string of the molecule is COc1cc(C(O)c2cccs2)ccc1-c1cc(Cl)cc(Cl)c1. The van der Waals surface area contributed by atoms with Crippen LogP contribution in [0.2, 0.25) is 10.0 Å². The van der Waals surface area contributed by atoms with Crippen molar-refractivity contribution in [1.29, 1.82) is 0 Å². The zero-order valence-corrected chi connectivity index (χ0v) is 14.6. The maximum absolute atomic E-state index is 10.5. The van der Waals surface area contributed by atoms with Gasteiger partial charge >= 0.3 is 0 Å². The molecule has 1 N–H and O–H groups in total. The van der Waals surface area contributed by atoms with Crippen LogP contribution in [0.1, 0.15) is 16.5 Å². The third-order valence-electron chi connectivity index (χ3n) is 3.53. The second kappa shape index (κ2) is 6.93. The summed E-state index contributed by atoms with van der Waals surface area (Å²) in [5.74, 6) is 0.663. The first-order valence-electron chi connectivity index (χ1n) is 6.94. The third kappa shape index (κ3) is 3.54. The molecular formula is C18H14Cl2O2S. The predicted octanol–water partition coefficient (Wildman–Crippen LogP) is 5.81. The smallest absolute Gasteiger partial charge is 0.127 e. The molecule has 0 aliphatic carbocycles. The molecule has 1 unspecified atom stereocenters. The Labute approximate surface area is 148 Å². The van der Waals surface area contributed by atoms with Crippen molar-refractivity contribution in [3.8, 4) is 16.9 Å². The van der Waals surface area contributed by atoms with Gasteiger partial charge in [-0.15, -0.1) is 11.3 Å². The van der Waals surface area contributed by atoms with Crippen LogP contribution in [0.25, 0.3) is 11.1 Å². The fourth-order valence-electron chi connectivity index (χ4n) is 2.44. The molecule has 118 valence electrons. The molecule has 3 rings (SSSR count). The molecule has 0 amide bonds. The van der Waals surface area contributed by atoms with Crippen LogP contribution < -0.4 is 4.74 Å². The van der Waals surface area contributed by atoms with Crippen molar-refractivity contribution in [2.75, 3.05) is 7.11 Å². The molecule has 1 atom stereocenters. The Kier molecular flexibility index (Phi) is 4.93. The van der Waals surface area contributed by atoms with Crippen LogP contribution in [-0.4, -0.2) is 12.2 Å². The van der Waals surface area contributed by atoms with E-state index in [4.69, 9.17) is 27.9 Å². The van der Waals surface area contributed by atoms with Crippen molar-refractivity contribution in [3.63, 3.8) is 0 Å². The molecule has 0 fully saturated rings. The number of aliphatic hydroxyl groups excluding tert-OH is 1. The molecule has 0 spiro atoms. The summed E-state index contributed by atoms with van der Waals surface area (Å²) in [6.45, 7) is 0. The first kappa shape index (κ1) is 16.3. The van der Waals surface area contributed by atoms with Gasteiger partial charge in [-0.2, -0.15) is 0 Å². The van der Waals surface area contributed by atoms with Gasteiger partial charge in [0, 0.05) is 20.5 Å².